The number of methoxy groups -OCH3 is 2. The number of esters is 2. The molecule has 10 nitrogen and oxygen atoms in total. The van der Waals surface area contributed by atoms with Gasteiger partial charge in [-0.25, -0.2) is 9.59 Å². The van der Waals surface area contributed by atoms with Gasteiger partial charge in [0.05, 0.1) is 25.3 Å². The highest BCUT2D eigenvalue weighted by Gasteiger charge is 2.20. The van der Waals surface area contributed by atoms with Crippen LogP contribution in [0.4, 0.5) is 0 Å². The molecule has 0 saturated carbocycles. The minimum Gasteiger partial charge on any atom is -0.465 e. The second-order valence-corrected chi connectivity index (χ2v) is 18.7. The van der Waals surface area contributed by atoms with Crippen molar-refractivity contribution in [2.24, 2.45) is 0 Å². The zero-order chi connectivity index (χ0) is 53.0. The molecule has 0 radical (unpaired) electrons. The molecule has 0 fully saturated rings. The fourth-order valence-corrected chi connectivity index (χ4v) is 9.89. The lowest BCUT2D eigenvalue weighted by Gasteiger charge is -2.14. The maximum absolute atomic E-state index is 13.6. The monoisotopic (exact) mass is 1020 g/mol. The average Bonchev–Trinajstić information content (AvgIpc) is 4.38. The number of benzene rings is 8. The molecule has 0 spiro atoms. The number of H-pyrrole nitrogens is 4. The van der Waals surface area contributed by atoms with E-state index in [9.17, 15) is 9.59 Å². The smallest absolute Gasteiger partial charge is 0.338 e. The van der Waals surface area contributed by atoms with E-state index < -0.39 is 5.97 Å². The fraction of sp³-hybridized carbons (Fsp3) is 0.0294. The van der Waals surface area contributed by atoms with Gasteiger partial charge in [0.15, 0.2) is 0 Å². The summed E-state index contributed by atoms with van der Waals surface area (Å²) >= 11 is 0. The molecule has 8 aromatic carbocycles. The molecule has 78 heavy (non-hydrogen) atoms. The molecular formula is C68H50N4O6. The first-order chi connectivity index (χ1) is 38.3. The van der Waals surface area contributed by atoms with Crippen molar-refractivity contribution >= 4 is 11.9 Å². The van der Waals surface area contributed by atoms with E-state index in [0.29, 0.717) is 22.6 Å². The van der Waals surface area contributed by atoms with Crippen molar-refractivity contribution in [2.45, 2.75) is 0 Å². The van der Waals surface area contributed by atoms with E-state index in [1.807, 2.05) is 189 Å². The van der Waals surface area contributed by atoms with E-state index in [4.69, 9.17) is 18.9 Å². The van der Waals surface area contributed by atoms with Crippen molar-refractivity contribution in [1.29, 1.82) is 0 Å². The quantitative estimate of drug-likeness (QED) is 0.0756. The summed E-state index contributed by atoms with van der Waals surface area (Å²) in [5.74, 6) is 2.03. The Kier molecular flexibility index (Phi) is 13.2. The van der Waals surface area contributed by atoms with Crippen molar-refractivity contribution < 1.29 is 28.5 Å². The topological polar surface area (TPSA) is 134 Å². The number of para-hydroxylation sites is 3. The van der Waals surface area contributed by atoms with Crippen LogP contribution >= 0.6 is 0 Å². The highest BCUT2D eigenvalue weighted by atomic mass is 16.5. The number of hydrogen-bond donors (Lipinski definition) is 4. The third-order valence-electron chi connectivity index (χ3n) is 13.8. The van der Waals surface area contributed by atoms with Crippen molar-refractivity contribution in [3.8, 4) is 124 Å². The number of aromatic amines is 4. The van der Waals surface area contributed by atoms with Gasteiger partial charge in [0, 0.05) is 69.8 Å². The second-order valence-electron chi connectivity index (χ2n) is 18.7. The highest BCUT2D eigenvalue weighted by Crippen LogP contribution is 2.41. The molecule has 4 aromatic heterocycles. The van der Waals surface area contributed by atoms with E-state index in [-0.39, 0.29) is 5.97 Å². The number of carbonyl (C=O) groups excluding carboxylic acids is 2. The zero-order valence-electron chi connectivity index (χ0n) is 42.5. The molecule has 12 aromatic rings. The predicted octanol–water partition coefficient (Wildman–Crippen LogP) is 17.2. The summed E-state index contributed by atoms with van der Waals surface area (Å²) in [6.45, 7) is 0. The van der Waals surface area contributed by atoms with Gasteiger partial charge in [0.25, 0.3) is 0 Å². The van der Waals surface area contributed by atoms with Crippen LogP contribution in [-0.2, 0) is 9.47 Å². The number of nitrogens with one attached hydrogen (secondary N) is 4. The van der Waals surface area contributed by atoms with Crippen LogP contribution in [0.5, 0.6) is 23.0 Å². The van der Waals surface area contributed by atoms with Crippen molar-refractivity contribution in [1.82, 2.24) is 19.9 Å². The molecule has 4 N–H and O–H groups in total. The Bertz CT molecular complexity index is 4130. The summed E-state index contributed by atoms with van der Waals surface area (Å²) in [6.07, 6.45) is 7.85. The number of ether oxygens (including phenoxy) is 4. The lowest BCUT2D eigenvalue weighted by atomic mass is 9.94. The summed E-state index contributed by atoms with van der Waals surface area (Å²) in [5, 5.41) is 0. The molecule has 4 heterocycles. The molecule has 0 atom stereocenters. The van der Waals surface area contributed by atoms with Crippen LogP contribution in [0, 0.1) is 0 Å². The van der Waals surface area contributed by atoms with Gasteiger partial charge in [0.2, 0.25) is 0 Å². The average molecular weight is 1020 g/mol. The number of aromatic nitrogens is 4. The number of hydrogen-bond acceptors (Lipinski definition) is 6. The molecule has 0 amide bonds. The highest BCUT2D eigenvalue weighted by molar-refractivity contribution is 6.00. The van der Waals surface area contributed by atoms with Crippen LogP contribution in [0.2, 0.25) is 0 Å². The van der Waals surface area contributed by atoms with Gasteiger partial charge in [0.1, 0.15) is 23.0 Å². The molecule has 0 unspecified atom stereocenters. The minimum absolute atomic E-state index is 0.390. The Morgan fingerprint density at radius 3 is 1.31 bits per heavy atom. The van der Waals surface area contributed by atoms with E-state index in [1.165, 1.54) is 14.2 Å². The largest absolute Gasteiger partial charge is 0.465 e. The number of rotatable bonds is 15. The first kappa shape index (κ1) is 48.4. The van der Waals surface area contributed by atoms with Crippen molar-refractivity contribution in [3.63, 3.8) is 0 Å². The molecule has 0 bridgehead atoms. The van der Waals surface area contributed by atoms with E-state index >= 15 is 0 Å². The van der Waals surface area contributed by atoms with Crippen LogP contribution in [0.15, 0.2) is 243 Å². The van der Waals surface area contributed by atoms with Gasteiger partial charge in [-0.3, -0.25) is 0 Å². The lowest BCUT2D eigenvalue weighted by molar-refractivity contribution is 0.0592. The van der Waals surface area contributed by atoms with E-state index in [1.54, 1.807) is 6.07 Å². The third-order valence-corrected chi connectivity index (χ3v) is 13.8. The molecule has 0 aliphatic carbocycles. The van der Waals surface area contributed by atoms with E-state index in [2.05, 4.69) is 68.5 Å². The van der Waals surface area contributed by atoms with Gasteiger partial charge >= 0.3 is 11.9 Å². The minimum atomic E-state index is -0.455. The molecule has 378 valence electrons. The normalized spacial score (nSPS) is 11.1. The summed E-state index contributed by atoms with van der Waals surface area (Å²) in [4.78, 5) is 40.0. The van der Waals surface area contributed by atoms with Crippen LogP contribution in [-0.4, -0.2) is 46.1 Å². The van der Waals surface area contributed by atoms with Gasteiger partial charge in [-0.1, -0.05) is 121 Å². The molecular weight excluding hydrogens is 969 g/mol. The lowest BCUT2D eigenvalue weighted by Crippen LogP contribution is -2.04. The summed E-state index contributed by atoms with van der Waals surface area (Å²) in [7, 11) is 2.78. The summed E-state index contributed by atoms with van der Waals surface area (Å²) in [6, 6.07) is 71.9. The Labute approximate surface area is 450 Å². The van der Waals surface area contributed by atoms with Gasteiger partial charge in [-0.2, -0.15) is 0 Å². The van der Waals surface area contributed by atoms with Crippen LogP contribution in [0.25, 0.3) is 101 Å². The molecule has 0 aliphatic heterocycles. The first-order valence-electron chi connectivity index (χ1n) is 25.4. The second kappa shape index (κ2) is 21.3. The van der Waals surface area contributed by atoms with Gasteiger partial charge in [-0.15, -0.1) is 0 Å². The first-order valence-corrected chi connectivity index (χ1v) is 25.4. The van der Waals surface area contributed by atoms with E-state index in [0.717, 1.165) is 112 Å². The fourth-order valence-electron chi connectivity index (χ4n) is 9.89. The molecule has 0 saturated heterocycles. The van der Waals surface area contributed by atoms with Gasteiger partial charge in [-0.05, 0) is 153 Å². The zero-order valence-corrected chi connectivity index (χ0v) is 42.5. The maximum atomic E-state index is 13.6. The van der Waals surface area contributed by atoms with Crippen molar-refractivity contribution in [3.05, 3.63) is 254 Å². The molecule has 12 rings (SSSR count). The van der Waals surface area contributed by atoms with Crippen LogP contribution < -0.4 is 9.47 Å². The van der Waals surface area contributed by atoms with Crippen LogP contribution in [0.1, 0.15) is 20.7 Å². The standard InChI is InChI=1S/C68H50N4O6/c1-75-67(73)57-24-10-9-23-55(57)51-36-61(69-41-51)47-17-14-18-48(32-47)62-37-52(42-70-62)56-29-27-45(33-60(56)68(74)76-2)46-28-30-59(66(38-46)78-54-21-7-4-8-22-54)64-35-50(40-72-64)44-16-13-15-43(31-44)49-34-63(71-39-49)58-25-11-12-26-65(58)77-53-19-5-3-6-20-53/h3-42,69-72H,1-2H3. The summed E-state index contributed by atoms with van der Waals surface area (Å²) < 4.78 is 23.4. The molecule has 10 heteroatoms. The SMILES string of the molecule is COC(=O)c1ccccc1-c1c[nH]c(-c2cccc(-c3cc(-c4ccc(-c5ccc(-c6cc(-c7cccc(-c8c[nH]c(-c9ccccc9Oc9ccccc9)c8)c7)c[nH]6)c(Oc6ccccc6)c5)cc4C(=O)OC)c[nH]3)c2)c1. The summed E-state index contributed by atoms with van der Waals surface area (Å²) in [5.41, 5.74) is 17.3. The predicted molar refractivity (Wildman–Crippen MR) is 308 cm³/mol. The van der Waals surface area contributed by atoms with Crippen LogP contribution in [0.3, 0.4) is 0 Å². The Morgan fingerprint density at radius 2 is 0.705 bits per heavy atom. The number of carbonyl (C=O) groups is 2. The Hall–Kier alpha value is -10.6. The molecule has 0 aliphatic rings. The maximum Gasteiger partial charge on any atom is 0.338 e. The van der Waals surface area contributed by atoms with Crippen molar-refractivity contribution in [2.75, 3.05) is 14.2 Å². The third kappa shape index (κ3) is 9.92. The Balaban J connectivity index is 0.815. The Morgan fingerprint density at radius 1 is 0.295 bits per heavy atom. The van der Waals surface area contributed by atoms with Gasteiger partial charge < -0.3 is 38.9 Å².